The van der Waals surface area contributed by atoms with Gasteiger partial charge in [-0.05, 0) is 59.5 Å². The summed E-state index contributed by atoms with van der Waals surface area (Å²) in [6.07, 6.45) is 3.97. The highest BCUT2D eigenvalue weighted by atomic mass is 16.5. The monoisotopic (exact) mass is 504 g/mol. The molecule has 1 N–H and O–H groups in total. The van der Waals surface area contributed by atoms with Gasteiger partial charge >= 0.3 is 5.91 Å². The Hall–Kier alpha value is -4.84. The summed E-state index contributed by atoms with van der Waals surface area (Å²) in [5.41, 5.74) is 5.95. The fraction of sp³-hybridized carbons (Fsp3) is 0.125. The molecule has 190 valence electrons. The van der Waals surface area contributed by atoms with E-state index in [1.165, 1.54) is 5.39 Å². The lowest BCUT2D eigenvalue weighted by atomic mass is 10.0. The van der Waals surface area contributed by atoms with Gasteiger partial charge in [-0.25, -0.2) is 5.43 Å². The maximum absolute atomic E-state index is 12.5. The van der Waals surface area contributed by atoms with E-state index in [0.29, 0.717) is 36.7 Å². The van der Waals surface area contributed by atoms with Crippen LogP contribution in [0.25, 0.3) is 21.7 Å². The fourth-order valence-corrected chi connectivity index (χ4v) is 4.37. The molecule has 0 unspecified atom stereocenters. The smallest absolute Gasteiger partial charge is 0.307 e. The Morgan fingerprint density at radius 3 is 2.55 bits per heavy atom. The van der Waals surface area contributed by atoms with Gasteiger partial charge in [-0.2, -0.15) is 5.10 Å². The number of fused-ring (bicyclic) bond motifs is 2. The minimum absolute atomic E-state index is 0.197. The number of furan rings is 1. The van der Waals surface area contributed by atoms with Gasteiger partial charge in [0, 0.05) is 10.9 Å². The number of carbonyl (C=O) groups is 1. The number of hydrogen-bond acceptors (Lipinski definition) is 5. The van der Waals surface area contributed by atoms with E-state index < -0.39 is 5.91 Å². The highest BCUT2D eigenvalue weighted by molar-refractivity contribution is 5.96. The van der Waals surface area contributed by atoms with E-state index in [0.717, 1.165) is 27.5 Å². The van der Waals surface area contributed by atoms with Crippen LogP contribution in [0.2, 0.25) is 0 Å². The third-order valence-electron chi connectivity index (χ3n) is 6.10. The molecule has 0 saturated heterocycles. The first-order valence-corrected chi connectivity index (χ1v) is 12.5. The molecule has 1 amide bonds. The lowest BCUT2D eigenvalue weighted by Crippen LogP contribution is -2.16. The van der Waals surface area contributed by atoms with Gasteiger partial charge in [0.05, 0.1) is 12.8 Å². The fourth-order valence-electron chi connectivity index (χ4n) is 4.37. The Morgan fingerprint density at radius 2 is 1.74 bits per heavy atom. The van der Waals surface area contributed by atoms with Crippen LogP contribution in [-0.4, -0.2) is 18.7 Å². The predicted molar refractivity (Wildman–Crippen MR) is 151 cm³/mol. The number of hydrogen-bond donors (Lipinski definition) is 1. The van der Waals surface area contributed by atoms with Crippen LogP contribution in [-0.2, 0) is 13.0 Å². The molecule has 1 aromatic heterocycles. The molecule has 0 saturated carbocycles. The van der Waals surface area contributed by atoms with E-state index in [2.05, 4.69) is 41.4 Å². The number of ether oxygens (including phenoxy) is 2. The van der Waals surface area contributed by atoms with Crippen LogP contribution < -0.4 is 14.9 Å². The Labute approximate surface area is 221 Å². The summed E-state index contributed by atoms with van der Waals surface area (Å²) in [6, 6.07) is 27.4. The minimum Gasteiger partial charge on any atom is -0.490 e. The Morgan fingerprint density at radius 1 is 0.947 bits per heavy atom. The summed E-state index contributed by atoms with van der Waals surface area (Å²) >= 11 is 0. The second-order valence-corrected chi connectivity index (χ2v) is 8.71. The average Bonchev–Trinajstić information content (AvgIpc) is 3.38. The number of allylic oxidation sites excluding steroid dienone is 1. The molecule has 5 rings (SSSR count). The summed E-state index contributed by atoms with van der Waals surface area (Å²) in [4.78, 5) is 12.5. The summed E-state index contributed by atoms with van der Waals surface area (Å²) in [6.45, 7) is 6.70. The first kappa shape index (κ1) is 24.8. The lowest BCUT2D eigenvalue weighted by Gasteiger charge is -2.17. The Balaban J connectivity index is 1.37. The van der Waals surface area contributed by atoms with Crippen LogP contribution in [0.1, 0.15) is 34.2 Å². The molecule has 1 heterocycles. The molecule has 6 heteroatoms. The molecule has 6 nitrogen and oxygen atoms in total. The molecule has 5 aromatic rings. The third kappa shape index (κ3) is 5.44. The van der Waals surface area contributed by atoms with E-state index in [1.807, 2.05) is 67.6 Å². The highest BCUT2D eigenvalue weighted by Gasteiger charge is 2.15. The quantitative estimate of drug-likeness (QED) is 0.126. The van der Waals surface area contributed by atoms with Crippen molar-refractivity contribution in [3.05, 3.63) is 120 Å². The van der Waals surface area contributed by atoms with Crippen LogP contribution in [0.4, 0.5) is 0 Å². The molecule has 0 aliphatic carbocycles. The van der Waals surface area contributed by atoms with Gasteiger partial charge < -0.3 is 13.9 Å². The van der Waals surface area contributed by atoms with Gasteiger partial charge in [0.25, 0.3) is 0 Å². The second-order valence-electron chi connectivity index (χ2n) is 8.71. The van der Waals surface area contributed by atoms with Gasteiger partial charge in [0.1, 0.15) is 12.2 Å². The van der Waals surface area contributed by atoms with Crippen molar-refractivity contribution in [1.82, 2.24) is 5.43 Å². The number of hydrazone groups is 1. The van der Waals surface area contributed by atoms with Crippen molar-refractivity contribution in [2.45, 2.75) is 20.0 Å². The molecule has 0 fully saturated rings. The lowest BCUT2D eigenvalue weighted by molar-refractivity contribution is 0.0929. The maximum Gasteiger partial charge on any atom is 0.307 e. The Bertz CT molecular complexity index is 1600. The third-order valence-corrected chi connectivity index (χ3v) is 6.10. The SMILES string of the molecule is C=CCc1cc(/C=N/NC(=O)c2cc3ccccc3o2)cc(OCC)c1OCc1cccc2ccccc12. The zero-order valence-corrected chi connectivity index (χ0v) is 21.1. The summed E-state index contributed by atoms with van der Waals surface area (Å²) in [5.74, 6) is 1.05. The average molecular weight is 505 g/mol. The van der Waals surface area contributed by atoms with Crippen molar-refractivity contribution in [3.8, 4) is 11.5 Å². The van der Waals surface area contributed by atoms with Crippen LogP contribution in [0.5, 0.6) is 11.5 Å². The largest absolute Gasteiger partial charge is 0.490 e. The van der Waals surface area contributed by atoms with Crippen molar-refractivity contribution in [2.24, 2.45) is 5.10 Å². The van der Waals surface area contributed by atoms with E-state index >= 15 is 0 Å². The summed E-state index contributed by atoms with van der Waals surface area (Å²) in [5, 5.41) is 7.32. The molecule has 0 aliphatic heterocycles. The number of nitrogens with zero attached hydrogens (tertiary/aromatic N) is 1. The normalized spacial score (nSPS) is 11.2. The van der Waals surface area contributed by atoms with Crippen molar-refractivity contribution >= 4 is 33.9 Å². The van der Waals surface area contributed by atoms with E-state index in [4.69, 9.17) is 13.9 Å². The van der Waals surface area contributed by atoms with Crippen LogP contribution >= 0.6 is 0 Å². The van der Waals surface area contributed by atoms with Crippen molar-refractivity contribution < 1.29 is 18.7 Å². The second kappa shape index (κ2) is 11.5. The number of amides is 1. The summed E-state index contributed by atoms with van der Waals surface area (Å²) in [7, 11) is 0. The van der Waals surface area contributed by atoms with E-state index in [1.54, 1.807) is 12.3 Å². The first-order chi connectivity index (χ1) is 18.7. The van der Waals surface area contributed by atoms with E-state index in [-0.39, 0.29) is 5.76 Å². The maximum atomic E-state index is 12.5. The number of carbonyl (C=O) groups excluding carboxylic acids is 1. The first-order valence-electron chi connectivity index (χ1n) is 12.5. The molecule has 0 radical (unpaired) electrons. The number of rotatable bonds is 10. The summed E-state index contributed by atoms with van der Waals surface area (Å²) < 4.78 is 17.9. The van der Waals surface area contributed by atoms with Gasteiger partial charge in [-0.3, -0.25) is 4.79 Å². The van der Waals surface area contributed by atoms with Crippen LogP contribution in [0, 0.1) is 0 Å². The molecule has 0 atom stereocenters. The van der Waals surface area contributed by atoms with Gasteiger partial charge in [-0.1, -0.05) is 66.7 Å². The van der Waals surface area contributed by atoms with E-state index in [9.17, 15) is 4.79 Å². The number of benzene rings is 4. The van der Waals surface area contributed by atoms with Gasteiger partial charge in [0.2, 0.25) is 0 Å². The van der Waals surface area contributed by atoms with Crippen molar-refractivity contribution in [3.63, 3.8) is 0 Å². The molecule has 4 aromatic carbocycles. The van der Waals surface area contributed by atoms with Crippen molar-refractivity contribution in [2.75, 3.05) is 6.61 Å². The number of nitrogens with one attached hydrogen (secondary N) is 1. The predicted octanol–water partition coefficient (Wildman–Crippen LogP) is 7.06. The zero-order chi connectivity index (χ0) is 26.3. The molecule has 38 heavy (non-hydrogen) atoms. The highest BCUT2D eigenvalue weighted by Crippen LogP contribution is 2.35. The minimum atomic E-state index is -0.427. The standard InChI is InChI=1S/C32H28N2O4/c1-3-10-25-17-22(20-33-34-32(35)30-19-24-12-6-8-16-28(24)38-30)18-29(36-4-2)31(25)37-21-26-14-9-13-23-11-5-7-15-27(23)26/h3,5-9,11-20H,1,4,10,21H2,2H3,(H,34,35)/b33-20+. The zero-order valence-electron chi connectivity index (χ0n) is 21.1. The molecular formula is C32H28N2O4. The Kier molecular flexibility index (Phi) is 7.50. The topological polar surface area (TPSA) is 73.1 Å². The van der Waals surface area contributed by atoms with Crippen molar-refractivity contribution in [1.29, 1.82) is 0 Å². The molecule has 0 bridgehead atoms. The molecular weight excluding hydrogens is 476 g/mol. The molecule has 0 spiro atoms. The van der Waals surface area contributed by atoms with Crippen LogP contribution in [0.15, 0.2) is 107 Å². The molecule has 0 aliphatic rings. The van der Waals surface area contributed by atoms with Gasteiger partial charge in [-0.15, -0.1) is 6.58 Å². The number of para-hydroxylation sites is 1. The van der Waals surface area contributed by atoms with Crippen LogP contribution in [0.3, 0.4) is 0 Å². The van der Waals surface area contributed by atoms with Gasteiger partial charge in [0.15, 0.2) is 17.3 Å².